The van der Waals surface area contributed by atoms with Crippen LogP contribution in [0.3, 0.4) is 0 Å². The van der Waals surface area contributed by atoms with Crippen molar-refractivity contribution in [2.24, 2.45) is 5.73 Å². The van der Waals surface area contributed by atoms with Crippen LogP contribution < -0.4 is 11.1 Å². The summed E-state index contributed by atoms with van der Waals surface area (Å²) >= 11 is 0. The average molecular weight is 249 g/mol. The summed E-state index contributed by atoms with van der Waals surface area (Å²) in [6.07, 6.45) is 0. The molecule has 0 saturated carbocycles. The van der Waals surface area contributed by atoms with Crippen LogP contribution in [0.25, 0.3) is 11.1 Å². The molecule has 3 N–H and O–H groups in total. The summed E-state index contributed by atoms with van der Waals surface area (Å²) < 4.78 is 0. The normalized spacial score (nSPS) is 14.1. The van der Waals surface area contributed by atoms with Crippen molar-refractivity contribution in [1.82, 2.24) is 5.32 Å². The Labute approximate surface area is 110 Å². The van der Waals surface area contributed by atoms with Gasteiger partial charge in [-0.15, -0.1) is 0 Å². The third-order valence-electron chi connectivity index (χ3n) is 3.43. The van der Waals surface area contributed by atoms with E-state index < -0.39 is 11.6 Å². The number of benzene rings is 2. The van der Waals surface area contributed by atoms with Crippen molar-refractivity contribution in [2.45, 2.75) is 5.54 Å². The highest BCUT2D eigenvalue weighted by Gasteiger charge is 2.44. The molecule has 0 heterocycles. The van der Waals surface area contributed by atoms with Crippen molar-refractivity contribution in [1.29, 1.82) is 5.26 Å². The highest BCUT2D eigenvalue weighted by atomic mass is 16.2. The van der Waals surface area contributed by atoms with Crippen LogP contribution >= 0.6 is 0 Å². The Balaban J connectivity index is 2.36. The number of nitrogens with zero attached hydrogens (tertiary/aromatic N) is 1. The first-order valence-electron chi connectivity index (χ1n) is 5.87. The maximum atomic E-state index is 11.3. The quantitative estimate of drug-likeness (QED) is 0.811. The van der Waals surface area contributed by atoms with Crippen LogP contribution in [0.1, 0.15) is 11.1 Å². The van der Waals surface area contributed by atoms with Crippen molar-refractivity contribution in [3.8, 4) is 17.2 Å². The van der Waals surface area contributed by atoms with Crippen LogP contribution in [-0.2, 0) is 5.54 Å². The number of nitrogens with one attached hydrogen (secondary N) is 1. The number of primary amides is 1. The Morgan fingerprint density at radius 1 is 1.05 bits per heavy atom. The standard InChI is InChI=1S/C15H11N3O/c16-9-15(18-14(17)19)12-7-3-1-5-10(12)11-6-2-4-8-13(11)15/h1-8H,(H3,17,18,19). The van der Waals surface area contributed by atoms with E-state index in [1.807, 2.05) is 48.5 Å². The molecule has 4 nitrogen and oxygen atoms in total. The highest BCUT2D eigenvalue weighted by Crippen LogP contribution is 2.46. The summed E-state index contributed by atoms with van der Waals surface area (Å²) in [6, 6.07) is 16.6. The van der Waals surface area contributed by atoms with E-state index in [4.69, 9.17) is 5.73 Å². The van der Waals surface area contributed by atoms with E-state index >= 15 is 0 Å². The van der Waals surface area contributed by atoms with Gasteiger partial charge in [0.25, 0.3) is 0 Å². The predicted octanol–water partition coefficient (Wildman–Crippen LogP) is 2.10. The number of rotatable bonds is 1. The summed E-state index contributed by atoms with van der Waals surface area (Å²) in [5.74, 6) is 0. The number of hydrogen-bond acceptors (Lipinski definition) is 2. The molecule has 19 heavy (non-hydrogen) atoms. The fourth-order valence-corrected chi connectivity index (χ4v) is 2.70. The lowest BCUT2D eigenvalue weighted by atomic mass is 9.89. The van der Waals surface area contributed by atoms with Crippen molar-refractivity contribution in [3.63, 3.8) is 0 Å². The number of amides is 2. The lowest BCUT2D eigenvalue weighted by molar-refractivity contribution is 0.244. The molecule has 92 valence electrons. The first kappa shape index (κ1) is 11.3. The predicted molar refractivity (Wildman–Crippen MR) is 71.0 cm³/mol. The number of carbonyl (C=O) groups excluding carboxylic acids is 1. The molecule has 0 saturated heterocycles. The molecule has 4 heteroatoms. The lowest BCUT2D eigenvalue weighted by Gasteiger charge is -2.24. The van der Waals surface area contributed by atoms with Gasteiger partial charge >= 0.3 is 6.03 Å². The van der Waals surface area contributed by atoms with Gasteiger partial charge in [-0.25, -0.2) is 4.79 Å². The van der Waals surface area contributed by atoms with Crippen LogP contribution in [-0.4, -0.2) is 6.03 Å². The third kappa shape index (κ3) is 1.42. The molecule has 0 unspecified atom stereocenters. The Morgan fingerprint density at radius 3 is 1.95 bits per heavy atom. The molecule has 0 bridgehead atoms. The molecule has 0 aromatic heterocycles. The minimum Gasteiger partial charge on any atom is -0.352 e. The van der Waals surface area contributed by atoms with E-state index in [0.29, 0.717) is 0 Å². The smallest absolute Gasteiger partial charge is 0.313 e. The molecule has 2 amide bonds. The second kappa shape index (κ2) is 3.85. The molecule has 3 rings (SSSR count). The molecular formula is C15H11N3O. The molecule has 0 fully saturated rings. The Morgan fingerprint density at radius 2 is 1.53 bits per heavy atom. The number of hydrogen-bond donors (Lipinski definition) is 2. The zero-order valence-corrected chi connectivity index (χ0v) is 10.1. The molecule has 0 atom stereocenters. The fourth-order valence-electron chi connectivity index (χ4n) is 2.70. The summed E-state index contributed by atoms with van der Waals surface area (Å²) in [5.41, 5.74) is 7.48. The van der Waals surface area contributed by atoms with E-state index in [0.717, 1.165) is 22.3 Å². The zero-order chi connectivity index (χ0) is 13.5. The Hall–Kier alpha value is -2.80. The van der Waals surface area contributed by atoms with Gasteiger partial charge in [0, 0.05) is 11.1 Å². The van der Waals surface area contributed by atoms with Crippen LogP contribution in [0.2, 0.25) is 0 Å². The molecule has 2 aromatic rings. The zero-order valence-electron chi connectivity index (χ0n) is 10.1. The summed E-state index contributed by atoms with van der Waals surface area (Å²) in [4.78, 5) is 11.3. The van der Waals surface area contributed by atoms with Crippen molar-refractivity contribution in [3.05, 3.63) is 59.7 Å². The molecule has 0 radical (unpaired) electrons. The van der Waals surface area contributed by atoms with Crippen molar-refractivity contribution < 1.29 is 4.79 Å². The van der Waals surface area contributed by atoms with Gasteiger partial charge in [-0.2, -0.15) is 5.26 Å². The van der Waals surface area contributed by atoms with E-state index in [1.165, 1.54) is 0 Å². The van der Waals surface area contributed by atoms with Gasteiger partial charge in [-0.05, 0) is 11.1 Å². The van der Waals surface area contributed by atoms with E-state index in [2.05, 4.69) is 11.4 Å². The van der Waals surface area contributed by atoms with Gasteiger partial charge in [0.05, 0.1) is 0 Å². The molecule has 1 aliphatic rings. The van der Waals surface area contributed by atoms with Crippen molar-refractivity contribution >= 4 is 6.03 Å². The molecule has 2 aromatic carbocycles. The average Bonchev–Trinajstić information content (AvgIpc) is 2.71. The monoisotopic (exact) mass is 249 g/mol. The maximum absolute atomic E-state index is 11.3. The summed E-state index contributed by atoms with van der Waals surface area (Å²) in [5, 5.41) is 12.2. The fraction of sp³-hybridized carbons (Fsp3) is 0.0667. The van der Waals surface area contributed by atoms with Crippen LogP contribution in [0.4, 0.5) is 4.79 Å². The number of nitrogens with two attached hydrogens (primary N) is 1. The number of nitriles is 1. The second-order valence-corrected chi connectivity index (χ2v) is 4.44. The topological polar surface area (TPSA) is 78.9 Å². The summed E-state index contributed by atoms with van der Waals surface area (Å²) in [7, 11) is 0. The third-order valence-corrected chi connectivity index (χ3v) is 3.43. The van der Waals surface area contributed by atoms with Crippen LogP contribution in [0.15, 0.2) is 48.5 Å². The number of urea groups is 1. The first-order valence-corrected chi connectivity index (χ1v) is 5.87. The van der Waals surface area contributed by atoms with E-state index in [1.54, 1.807) is 0 Å². The van der Waals surface area contributed by atoms with Gasteiger partial charge in [-0.3, -0.25) is 0 Å². The summed E-state index contributed by atoms with van der Waals surface area (Å²) in [6.45, 7) is 0. The molecule has 0 spiro atoms. The minimum absolute atomic E-state index is 0.715. The van der Waals surface area contributed by atoms with E-state index in [-0.39, 0.29) is 0 Å². The van der Waals surface area contributed by atoms with Gasteiger partial charge in [0.1, 0.15) is 6.07 Å². The van der Waals surface area contributed by atoms with Crippen molar-refractivity contribution in [2.75, 3.05) is 0 Å². The van der Waals surface area contributed by atoms with Gasteiger partial charge in [-0.1, -0.05) is 48.5 Å². The highest BCUT2D eigenvalue weighted by molar-refractivity contribution is 5.86. The Bertz CT molecular complexity index is 670. The largest absolute Gasteiger partial charge is 0.352 e. The molecular weight excluding hydrogens is 238 g/mol. The molecule has 0 aliphatic heterocycles. The van der Waals surface area contributed by atoms with Crippen LogP contribution in [0.5, 0.6) is 0 Å². The number of fused-ring (bicyclic) bond motifs is 3. The van der Waals surface area contributed by atoms with Gasteiger partial charge in [0.2, 0.25) is 0 Å². The first-order chi connectivity index (χ1) is 9.19. The lowest BCUT2D eigenvalue weighted by Crippen LogP contribution is -2.46. The second-order valence-electron chi connectivity index (χ2n) is 4.44. The Kier molecular flexibility index (Phi) is 2.29. The van der Waals surface area contributed by atoms with E-state index in [9.17, 15) is 10.1 Å². The van der Waals surface area contributed by atoms with Gasteiger partial charge in [0.15, 0.2) is 5.54 Å². The van der Waals surface area contributed by atoms with Crippen LogP contribution in [0, 0.1) is 11.3 Å². The minimum atomic E-state index is -1.20. The van der Waals surface area contributed by atoms with Gasteiger partial charge < -0.3 is 11.1 Å². The maximum Gasteiger partial charge on any atom is 0.313 e. The number of carbonyl (C=O) groups is 1. The molecule has 1 aliphatic carbocycles. The SMILES string of the molecule is N#CC1(NC(N)=O)c2ccccc2-c2ccccc21.